The van der Waals surface area contributed by atoms with Crippen LogP contribution in [0.25, 0.3) is 0 Å². The zero-order valence-electron chi connectivity index (χ0n) is 12.2. The van der Waals surface area contributed by atoms with E-state index in [1.54, 1.807) is 16.1 Å². The van der Waals surface area contributed by atoms with E-state index in [2.05, 4.69) is 4.98 Å². The number of aromatic nitrogens is 1. The molecule has 0 amide bonds. The minimum atomic E-state index is -3.57. The summed E-state index contributed by atoms with van der Waals surface area (Å²) in [5, 5.41) is 0.293. The molecule has 2 saturated heterocycles. The third kappa shape index (κ3) is 3.59. The third-order valence-corrected chi connectivity index (χ3v) is 7.30. The number of sulfonamides is 1. The van der Waals surface area contributed by atoms with Crippen LogP contribution in [0.3, 0.4) is 0 Å². The Bertz CT molecular complexity index is 597. The van der Waals surface area contributed by atoms with Gasteiger partial charge in [-0.2, -0.15) is 16.1 Å². The third-order valence-electron chi connectivity index (χ3n) is 4.03. The maximum Gasteiger partial charge on any atom is 0.244 e. The lowest BCUT2D eigenvalue weighted by atomic mass is 10.2. The Balaban J connectivity index is 1.87. The first kappa shape index (κ1) is 16.5. The molecule has 0 unspecified atom stereocenters. The topological polar surface area (TPSA) is 59.5 Å². The molecule has 3 heterocycles. The Hall–Kier alpha value is -0.340. The molecule has 22 heavy (non-hydrogen) atoms. The first-order chi connectivity index (χ1) is 10.6. The van der Waals surface area contributed by atoms with Gasteiger partial charge in [0.2, 0.25) is 10.0 Å². The van der Waals surface area contributed by atoms with E-state index < -0.39 is 10.0 Å². The Kier molecular flexibility index (Phi) is 5.29. The fourth-order valence-corrected chi connectivity index (χ4v) is 5.89. The van der Waals surface area contributed by atoms with Gasteiger partial charge in [0, 0.05) is 31.1 Å². The second-order valence-corrected chi connectivity index (χ2v) is 8.97. The highest BCUT2D eigenvalue weighted by Gasteiger charge is 2.36. The van der Waals surface area contributed by atoms with Gasteiger partial charge in [0.15, 0.2) is 0 Å². The van der Waals surface area contributed by atoms with Crippen LogP contribution >= 0.6 is 23.4 Å². The van der Waals surface area contributed by atoms with Crippen molar-refractivity contribution in [3.63, 3.8) is 0 Å². The summed E-state index contributed by atoms with van der Waals surface area (Å²) in [6, 6.07) is 3.08. The molecule has 0 spiro atoms. The first-order valence-corrected chi connectivity index (χ1v) is 10.4. The minimum Gasteiger partial charge on any atom is -0.377 e. The van der Waals surface area contributed by atoms with Crippen molar-refractivity contribution in [2.45, 2.75) is 36.3 Å². The standard InChI is InChI=1S/C14H19ClN2O3S2/c15-14-4-3-13(8-16-14)22(18,19)17(11-5-7-21-10-11)9-12-2-1-6-20-12/h3-4,8,11-12H,1-2,5-7,9-10H2/t11-,12+/m1/s1. The van der Waals surface area contributed by atoms with Gasteiger partial charge in [0.25, 0.3) is 0 Å². The van der Waals surface area contributed by atoms with Gasteiger partial charge in [-0.15, -0.1) is 0 Å². The van der Waals surface area contributed by atoms with Crippen molar-refractivity contribution in [1.82, 2.24) is 9.29 Å². The summed E-state index contributed by atoms with van der Waals surface area (Å²) in [5.41, 5.74) is 0. The Morgan fingerprint density at radius 1 is 1.41 bits per heavy atom. The molecule has 5 nitrogen and oxygen atoms in total. The summed E-state index contributed by atoms with van der Waals surface area (Å²) in [7, 11) is -3.57. The van der Waals surface area contributed by atoms with Crippen molar-refractivity contribution >= 4 is 33.4 Å². The summed E-state index contributed by atoms with van der Waals surface area (Å²) < 4.78 is 33.3. The lowest BCUT2D eigenvalue weighted by molar-refractivity contribution is 0.0877. The predicted molar refractivity (Wildman–Crippen MR) is 87.8 cm³/mol. The Morgan fingerprint density at radius 2 is 2.27 bits per heavy atom. The molecule has 1 aromatic heterocycles. The van der Waals surface area contributed by atoms with Crippen molar-refractivity contribution in [3.8, 4) is 0 Å². The van der Waals surface area contributed by atoms with Gasteiger partial charge in [-0.1, -0.05) is 11.6 Å². The highest BCUT2D eigenvalue weighted by atomic mass is 35.5. The van der Waals surface area contributed by atoms with E-state index in [0.717, 1.165) is 37.4 Å². The number of thioether (sulfide) groups is 1. The van der Waals surface area contributed by atoms with Crippen LogP contribution in [-0.4, -0.2) is 54.5 Å². The molecular formula is C14H19ClN2O3S2. The molecule has 2 aliphatic rings. The van der Waals surface area contributed by atoms with Crippen molar-refractivity contribution in [2.75, 3.05) is 24.7 Å². The van der Waals surface area contributed by atoms with Crippen molar-refractivity contribution in [3.05, 3.63) is 23.5 Å². The number of nitrogens with zero attached hydrogens (tertiary/aromatic N) is 2. The molecule has 2 atom stereocenters. The molecule has 8 heteroatoms. The average Bonchev–Trinajstić information content (AvgIpc) is 3.18. The van der Waals surface area contributed by atoms with E-state index in [4.69, 9.17) is 16.3 Å². The first-order valence-electron chi connectivity index (χ1n) is 7.40. The monoisotopic (exact) mass is 362 g/mol. The quantitative estimate of drug-likeness (QED) is 0.753. The van der Waals surface area contributed by atoms with Gasteiger partial charge >= 0.3 is 0 Å². The lowest BCUT2D eigenvalue weighted by Crippen LogP contribution is -2.44. The summed E-state index contributed by atoms with van der Waals surface area (Å²) >= 11 is 7.56. The van der Waals surface area contributed by atoms with Crippen LogP contribution in [0.2, 0.25) is 5.15 Å². The fraction of sp³-hybridized carbons (Fsp3) is 0.643. The number of pyridine rings is 1. The molecule has 2 aliphatic heterocycles. The van der Waals surface area contributed by atoms with Crippen molar-refractivity contribution in [1.29, 1.82) is 0 Å². The molecular weight excluding hydrogens is 344 g/mol. The van der Waals surface area contributed by atoms with Crippen LogP contribution < -0.4 is 0 Å². The van der Waals surface area contributed by atoms with Gasteiger partial charge in [0.1, 0.15) is 10.0 Å². The molecule has 122 valence electrons. The number of hydrogen-bond donors (Lipinski definition) is 0. The molecule has 3 rings (SSSR count). The molecule has 0 saturated carbocycles. The number of halogens is 1. The van der Waals surface area contributed by atoms with Gasteiger partial charge in [0.05, 0.1) is 6.10 Å². The highest BCUT2D eigenvalue weighted by Crippen LogP contribution is 2.29. The zero-order valence-corrected chi connectivity index (χ0v) is 14.5. The number of ether oxygens (including phenoxy) is 1. The maximum absolute atomic E-state index is 13.0. The smallest absolute Gasteiger partial charge is 0.244 e. The van der Waals surface area contributed by atoms with Crippen LogP contribution in [0.5, 0.6) is 0 Å². The Labute approximate surface area is 140 Å². The summed E-state index contributed by atoms with van der Waals surface area (Å²) in [4.78, 5) is 4.11. The fourth-order valence-electron chi connectivity index (χ4n) is 2.83. The van der Waals surface area contributed by atoms with E-state index in [-0.39, 0.29) is 17.0 Å². The second-order valence-electron chi connectivity index (χ2n) is 5.54. The Morgan fingerprint density at radius 3 is 2.86 bits per heavy atom. The molecule has 0 N–H and O–H groups in total. The van der Waals surface area contributed by atoms with Crippen LogP contribution in [0.1, 0.15) is 19.3 Å². The van der Waals surface area contributed by atoms with Gasteiger partial charge in [-0.3, -0.25) is 0 Å². The minimum absolute atomic E-state index is 0.000587. The van der Waals surface area contributed by atoms with Crippen molar-refractivity contribution < 1.29 is 13.2 Å². The second kappa shape index (κ2) is 7.05. The van der Waals surface area contributed by atoms with E-state index in [1.165, 1.54) is 18.3 Å². The van der Waals surface area contributed by atoms with E-state index >= 15 is 0 Å². The molecule has 0 aromatic carbocycles. The highest BCUT2D eigenvalue weighted by molar-refractivity contribution is 7.99. The van der Waals surface area contributed by atoms with Crippen LogP contribution in [0.4, 0.5) is 0 Å². The largest absolute Gasteiger partial charge is 0.377 e. The average molecular weight is 363 g/mol. The number of rotatable bonds is 5. The predicted octanol–water partition coefficient (Wildman–Crippen LogP) is 2.41. The van der Waals surface area contributed by atoms with Crippen LogP contribution in [-0.2, 0) is 14.8 Å². The summed E-state index contributed by atoms with van der Waals surface area (Å²) in [5.74, 6) is 1.84. The SMILES string of the molecule is O=S(=O)(c1ccc(Cl)nc1)N(C[C@@H]1CCCO1)[C@@H]1CCSC1. The zero-order chi connectivity index (χ0) is 15.6. The van der Waals surface area contributed by atoms with Crippen LogP contribution in [0, 0.1) is 0 Å². The van der Waals surface area contributed by atoms with Gasteiger partial charge in [-0.25, -0.2) is 13.4 Å². The molecule has 0 aliphatic carbocycles. The van der Waals surface area contributed by atoms with E-state index in [0.29, 0.717) is 11.7 Å². The van der Waals surface area contributed by atoms with E-state index in [1.807, 2.05) is 0 Å². The molecule has 1 aromatic rings. The summed E-state index contributed by atoms with van der Waals surface area (Å²) in [6.07, 6.45) is 4.14. The normalized spacial score (nSPS) is 25.9. The molecule has 0 radical (unpaired) electrons. The molecule has 0 bridgehead atoms. The van der Waals surface area contributed by atoms with Gasteiger partial charge < -0.3 is 4.74 Å². The van der Waals surface area contributed by atoms with Crippen LogP contribution in [0.15, 0.2) is 23.2 Å². The maximum atomic E-state index is 13.0. The lowest BCUT2D eigenvalue weighted by Gasteiger charge is -2.29. The van der Waals surface area contributed by atoms with Crippen molar-refractivity contribution in [2.24, 2.45) is 0 Å². The summed E-state index contributed by atoms with van der Waals surface area (Å²) in [6.45, 7) is 1.15. The molecule has 2 fully saturated rings. The number of hydrogen-bond acceptors (Lipinski definition) is 5. The van der Waals surface area contributed by atoms with E-state index in [9.17, 15) is 8.42 Å². The van der Waals surface area contributed by atoms with Gasteiger partial charge in [-0.05, 0) is 37.1 Å².